The van der Waals surface area contributed by atoms with Crippen LogP contribution in [0.5, 0.6) is 0 Å². The highest BCUT2D eigenvalue weighted by molar-refractivity contribution is 7.07. The van der Waals surface area contributed by atoms with Crippen molar-refractivity contribution in [2.45, 2.75) is 154 Å². The van der Waals surface area contributed by atoms with Crippen LogP contribution in [0.4, 0.5) is 0 Å². The van der Waals surface area contributed by atoms with Crippen molar-refractivity contribution in [3.05, 3.63) is 17.1 Å². The molecule has 2 rings (SSSR count). The lowest BCUT2D eigenvalue weighted by Crippen LogP contribution is -2.29. The van der Waals surface area contributed by atoms with Gasteiger partial charge in [-0.1, -0.05) is 115 Å². The Balaban J connectivity index is 1.27. The van der Waals surface area contributed by atoms with Crippen LogP contribution in [-0.2, 0) is 25.5 Å². The van der Waals surface area contributed by atoms with Crippen LogP contribution < -0.4 is 4.57 Å². The molecule has 0 aliphatic carbocycles. The van der Waals surface area contributed by atoms with Gasteiger partial charge < -0.3 is 14.2 Å². The summed E-state index contributed by atoms with van der Waals surface area (Å²) in [6, 6.07) is 0. The summed E-state index contributed by atoms with van der Waals surface area (Å²) in [6.45, 7) is 5.99. The van der Waals surface area contributed by atoms with Gasteiger partial charge in [-0.3, -0.25) is 4.79 Å². The first kappa shape index (κ1) is 34.2. The van der Waals surface area contributed by atoms with Crippen LogP contribution >= 0.6 is 11.3 Å². The standard InChI is InChI=1S/C33H60NO4S/c1-2-3-4-5-6-7-8-9-10-11-12-13-14-15-16-20-24-36-29-32-26-31(27-37-32)28-38-33(35)21-18-17-19-22-34-23-25-39-30-34/h23,25,30-32H,2-22,24,26-29H2,1H3/q+1/t31-,32+/m1/s1. The number of carbonyl (C=O) groups excluding carboxylic acids is 1. The molecule has 0 spiro atoms. The third-order valence-electron chi connectivity index (χ3n) is 7.91. The van der Waals surface area contributed by atoms with E-state index < -0.39 is 0 Å². The molecule has 1 aromatic rings. The summed E-state index contributed by atoms with van der Waals surface area (Å²) in [5.74, 6) is 0.245. The Bertz CT molecular complexity index is 669. The van der Waals surface area contributed by atoms with Crippen LogP contribution in [0.25, 0.3) is 0 Å². The van der Waals surface area contributed by atoms with Crippen molar-refractivity contribution in [2.24, 2.45) is 5.92 Å². The minimum Gasteiger partial charge on any atom is -0.465 e. The molecule has 1 fully saturated rings. The molecule has 6 heteroatoms. The second-order valence-corrected chi connectivity index (χ2v) is 12.4. The molecule has 0 radical (unpaired) electrons. The molecule has 0 N–H and O–H groups in total. The Hall–Kier alpha value is -0.980. The average molecular weight is 567 g/mol. The normalized spacial score (nSPS) is 17.2. The van der Waals surface area contributed by atoms with Crippen molar-refractivity contribution in [3.8, 4) is 0 Å². The Morgan fingerprint density at radius 2 is 1.44 bits per heavy atom. The van der Waals surface area contributed by atoms with Gasteiger partial charge >= 0.3 is 5.97 Å². The number of aromatic nitrogens is 1. The Morgan fingerprint density at radius 3 is 2.05 bits per heavy atom. The molecule has 1 saturated heterocycles. The van der Waals surface area contributed by atoms with Crippen molar-refractivity contribution in [2.75, 3.05) is 26.4 Å². The number of nitrogens with zero attached hydrogens (tertiary/aromatic N) is 1. The molecular weight excluding hydrogens is 506 g/mol. The van der Waals surface area contributed by atoms with E-state index in [0.717, 1.165) is 45.3 Å². The highest BCUT2D eigenvalue weighted by Crippen LogP contribution is 2.21. The molecule has 39 heavy (non-hydrogen) atoms. The number of aryl methyl sites for hydroxylation is 1. The second kappa shape index (κ2) is 24.8. The zero-order valence-corrected chi connectivity index (χ0v) is 26.1. The van der Waals surface area contributed by atoms with Gasteiger partial charge in [0.15, 0.2) is 6.20 Å². The second-order valence-electron chi connectivity index (χ2n) is 11.7. The minimum atomic E-state index is -0.0682. The van der Waals surface area contributed by atoms with E-state index in [0.29, 0.717) is 32.2 Å². The van der Waals surface area contributed by atoms with Crippen molar-refractivity contribution >= 4 is 17.3 Å². The van der Waals surface area contributed by atoms with Gasteiger partial charge in [-0.15, -0.1) is 0 Å². The summed E-state index contributed by atoms with van der Waals surface area (Å²) in [4.78, 5) is 12.0. The van der Waals surface area contributed by atoms with Gasteiger partial charge in [-0.2, -0.15) is 4.57 Å². The Labute approximate surface area is 244 Å². The molecule has 1 aromatic heterocycles. The van der Waals surface area contributed by atoms with E-state index in [1.807, 2.05) is 0 Å². The Kier molecular flexibility index (Phi) is 21.8. The van der Waals surface area contributed by atoms with E-state index in [1.54, 1.807) is 11.3 Å². The lowest BCUT2D eigenvalue weighted by atomic mass is 10.0. The number of esters is 1. The number of rotatable bonds is 27. The summed E-state index contributed by atoms with van der Waals surface area (Å²) >= 11 is 1.71. The van der Waals surface area contributed by atoms with Crippen molar-refractivity contribution < 1.29 is 23.6 Å². The molecule has 0 unspecified atom stereocenters. The van der Waals surface area contributed by atoms with Crippen molar-refractivity contribution in [1.82, 2.24) is 0 Å². The largest absolute Gasteiger partial charge is 0.465 e. The van der Waals surface area contributed by atoms with Gasteiger partial charge in [0.1, 0.15) is 6.54 Å². The number of hydrogen-bond donors (Lipinski definition) is 0. The summed E-state index contributed by atoms with van der Waals surface area (Å²) < 4.78 is 19.4. The topological polar surface area (TPSA) is 48.6 Å². The molecule has 2 heterocycles. The van der Waals surface area contributed by atoms with Gasteiger partial charge in [0.2, 0.25) is 5.51 Å². The van der Waals surface area contributed by atoms with E-state index >= 15 is 0 Å². The molecule has 1 aliphatic heterocycles. The third kappa shape index (κ3) is 19.7. The first-order valence-corrected chi connectivity index (χ1v) is 17.5. The molecule has 0 bridgehead atoms. The van der Waals surface area contributed by atoms with Crippen LogP contribution in [0.2, 0.25) is 0 Å². The van der Waals surface area contributed by atoms with Crippen LogP contribution in [0.3, 0.4) is 0 Å². The van der Waals surface area contributed by atoms with E-state index in [4.69, 9.17) is 14.2 Å². The van der Waals surface area contributed by atoms with Gasteiger partial charge in [0, 0.05) is 25.4 Å². The third-order valence-corrected chi connectivity index (χ3v) is 8.59. The lowest BCUT2D eigenvalue weighted by Gasteiger charge is -2.11. The smallest absolute Gasteiger partial charge is 0.305 e. The van der Waals surface area contributed by atoms with E-state index in [9.17, 15) is 4.79 Å². The Morgan fingerprint density at radius 1 is 0.821 bits per heavy atom. The molecule has 0 aromatic carbocycles. The summed E-state index contributed by atoms with van der Waals surface area (Å²) in [5.41, 5.74) is 2.12. The maximum absolute atomic E-state index is 12.0. The maximum atomic E-state index is 12.0. The first-order valence-electron chi connectivity index (χ1n) is 16.5. The number of thiazole rings is 1. The number of carbonyl (C=O) groups is 1. The molecule has 5 nitrogen and oxygen atoms in total. The average Bonchev–Trinajstić information content (AvgIpc) is 3.63. The molecular formula is C33H60NO4S+. The van der Waals surface area contributed by atoms with Crippen LogP contribution in [0.15, 0.2) is 17.1 Å². The first-order chi connectivity index (χ1) is 19.3. The number of hydrogen-bond acceptors (Lipinski definition) is 5. The van der Waals surface area contributed by atoms with Crippen molar-refractivity contribution in [3.63, 3.8) is 0 Å². The predicted octanol–water partition coefficient (Wildman–Crippen LogP) is 8.82. The van der Waals surface area contributed by atoms with Gasteiger partial charge in [0.05, 0.1) is 31.3 Å². The van der Waals surface area contributed by atoms with Crippen LogP contribution in [-0.4, -0.2) is 38.5 Å². The summed E-state index contributed by atoms with van der Waals surface area (Å²) in [6.07, 6.45) is 29.0. The maximum Gasteiger partial charge on any atom is 0.305 e. The number of unbranched alkanes of at least 4 members (excludes halogenated alkanes) is 17. The van der Waals surface area contributed by atoms with Gasteiger partial charge in [-0.05, 0) is 25.7 Å². The summed E-state index contributed by atoms with van der Waals surface area (Å²) in [7, 11) is 0. The predicted molar refractivity (Wildman–Crippen MR) is 162 cm³/mol. The fraction of sp³-hybridized carbons (Fsp3) is 0.879. The molecule has 2 atom stereocenters. The van der Waals surface area contributed by atoms with E-state index in [1.165, 1.54) is 96.3 Å². The zero-order chi connectivity index (χ0) is 27.6. The molecule has 1 aliphatic rings. The molecule has 226 valence electrons. The van der Waals surface area contributed by atoms with Crippen LogP contribution in [0, 0.1) is 5.92 Å². The van der Waals surface area contributed by atoms with Crippen molar-refractivity contribution in [1.29, 1.82) is 0 Å². The fourth-order valence-electron chi connectivity index (χ4n) is 5.39. The van der Waals surface area contributed by atoms with Crippen LogP contribution in [0.1, 0.15) is 142 Å². The van der Waals surface area contributed by atoms with E-state index in [-0.39, 0.29) is 12.1 Å². The zero-order valence-electron chi connectivity index (χ0n) is 25.3. The van der Waals surface area contributed by atoms with Gasteiger partial charge in [0.25, 0.3) is 0 Å². The molecule has 0 amide bonds. The van der Waals surface area contributed by atoms with Gasteiger partial charge in [-0.25, -0.2) is 0 Å². The lowest BCUT2D eigenvalue weighted by molar-refractivity contribution is -0.692. The highest BCUT2D eigenvalue weighted by atomic mass is 32.1. The minimum absolute atomic E-state index is 0.0682. The molecule has 0 saturated carbocycles. The van der Waals surface area contributed by atoms with E-state index in [2.05, 4.69) is 28.6 Å². The fourth-order valence-corrected chi connectivity index (χ4v) is 6.02. The quantitative estimate of drug-likeness (QED) is 0.0606. The summed E-state index contributed by atoms with van der Waals surface area (Å²) in [5, 5.41) is 2.09. The monoisotopic (exact) mass is 566 g/mol. The SMILES string of the molecule is CCCCCCCCCCCCCCCCCCOC[C@@H]1C[C@@H](COC(=O)CCCCC[n+]2ccsc2)CO1. The highest BCUT2D eigenvalue weighted by Gasteiger charge is 2.26. The number of ether oxygens (including phenoxy) is 3.